The van der Waals surface area contributed by atoms with Crippen molar-refractivity contribution >= 4 is 16.7 Å². The zero-order valence-corrected chi connectivity index (χ0v) is 10.7. The van der Waals surface area contributed by atoms with Gasteiger partial charge in [0.05, 0.1) is 12.7 Å². The van der Waals surface area contributed by atoms with Crippen molar-refractivity contribution in [3.8, 4) is 5.75 Å². The first-order valence-electron chi connectivity index (χ1n) is 6.15. The first-order chi connectivity index (χ1) is 9.09. The fraction of sp³-hybridized carbons (Fsp3) is 0.267. The van der Waals surface area contributed by atoms with E-state index in [0.29, 0.717) is 12.2 Å². The average Bonchev–Trinajstić information content (AvgIpc) is 2.38. The lowest BCUT2D eigenvalue weighted by atomic mass is 10.1. The SMILES string of the molecule is CC(O)CCOc1c(C(=O)O)ccc2ccccc12. The maximum atomic E-state index is 11.2. The van der Waals surface area contributed by atoms with Gasteiger partial charge in [0.25, 0.3) is 0 Å². The van der Waals surface area contributed by atoms with Gasteiger partial charge in [-0.05, 0) is 18.4 Å². The van der Waals surface area contributed by atoms with Crippen molar-refractivity contribution in [3.05, 3.63) is 42.0 Å². The van der Waals surface area contributed by atoms with Crippen molar-refractivity contribution in [1.29, 1.82) is 0 Å². The molecule has 0 bridgehead atoms. The molecular formula is C15H16O4. The van der Waals surface area contributed by atoms with Crippen molar-refractivity contribution in [2.24, 2.45) is 0 Å². The molecule has 4 nitrogen and oxygen atoms in total. The number of carbonyl (C=O) groups is 1. The molecule has 0 radical (unpaired) electrons. The molecule has 19 heavy (non-hydrogen) atoms. The summed E-state index contributed by atoms with van der Waals surface area (Å²) < 4.78 is 5.58. The third kappa shape index (κ3) is 3.03. The van der Waals surface area contributed by atoms with Gasteiger partial charge in [-0.15, -0.1) is 0 Å². The van der Waals surface area contributed by atoms with Crippen molar-refractivity contribution in [3.63, 3.8) is 0 Å². The van der Waals surface area contributed by atoms with Gasteiger partial charge in [-0.3, -0.25) is 0 Å². The number of rotatable bonds is 5. The summed E-state index contributed by atoms with van der Waals surface area (Å²) in [6, 6.07) is 10.8. The third-order valence-electron chi connectivity index (χ3n) is 2.89. The Labute approximate surface area is 111 Å². The molecule has 2 aromatic carbocycles. The summed E-state index contributed by atoms with van der Waals surface area (Å²) in [5.41, 5.74) is 0.143. The van der Waals surface area contributed by atoms with Gasteiger partial charge in [0.15, 0.2) is 0 Å². The van der Waals surface area contributed by atoms with Crippen LogP contribution in [0, 0.1) is 0 Å². The summed E-state index contributed by atoms with van der Waals surface area (Å²) in [7, 11) is 0. The van der Waals surface area contributed by atoms with Crippen LogP contribution in [0.25, 0.3) is 10.8 Å². The zero-order chi connectivity index (χ0) is 13.8. The van der Waals surface area contributed by atoms with E-state index in [9.17, 15) is 15.0 Å². The highest BCUT2D eigenvalue weighted by Crippen LogP contribution is 2.30. The molecule has 0 aliphatic rings. The quantitative estimate of drug-likeness (QED) is 0.867. The molecule has 1 atom stereocenters. The van der Waals surface area contributed by atoms with Crippen LogP contribution in [-0.4, -0.2) is 28.9 Å². The molecule has 0 spiro atoms. The van der Waals surface area contributed by atoms with Gasteiger partial charge in [-0.2, -0.15) is 0 Å². The van der Waals surface area contributed by atoms with Crippen molar-refractivity contribution < 1.29 is 19.7 Å². The number of carboxylic acid groups (broad SMARTS) is 1. The van der Waals surface area contributed by atoms with Crippen LogP contribution >= 0.6 is 0 Å². The smallest absolute Gasteiger partial charge is 0.339 e. The maximum absolute atomic E-state index is 11.2. The molecule has 0 aliphatic heterocycles. The summed E-state index contributed by atoms with van der Waals surface area (Å²) in [5.74, 6) is -0.649. The molecule has 0 amide bonds. The summed E-state index contributed by atoms with van der Waals surface area (Å²) in [6.07, 6.45) is -0.00861. The van der Waals surface area contributed by atoms with Crippen molar-refractivity contribution in [1.82, 2.24) is 0 Å². The normalized spacial score (nSPS) is 12.3. The van der Waals surface area contributed by atoms with Crippen LogP contribution < -0.4 is 4.74 Å². The van der Waals surface area contributed by atoms with Gasteiger partial charge >= 0.3 is 5.97 Å². The van der Waals surface area contributed by atoms with Crippen molar-refractivity contribution in [2.75, 3.05) is 6.61 Å². The van der Waals surface area contributed by atoms with E-state index in [1.807, 2.05) is 24.3 Å². The van der Waals surface area contributed by atoms with E-state index in [1.165, 1.54) is 0 Å². The third-order valence-corrected chi connectivity index (χ3v) is 2.89. The molecule has 1 unspecified atom stereocenters. The monoisotopic (exact) mass is 260 g/mol. The molecule has 2 N–H and O–H groups in total. The van der Waals surface area contributed by atoms with Crippen LogP contribution in [0.1, 0.15) is 23.7 Å². The molecule has 0 aromatic heterocycles. The van der Waals surface area contributed by atoms with E-state index < -0.39 is 12.1 Å². The van der Waals surface area contributed by atoms with E-state index in [4.69, 9.17) is 4.74 Å². The minimum absolute atomic E-state index is 0.143. The standard InChI is InChI=1S/C15H16O4/c1-10(16)8-9-19-14-12-5-3-2-4-11(12)6-7-13(14)15(17)18/h2-7,10,16H,8-9H2,1H3,(H,17,18). The number of aliphatic hydroxyl groups excluding tert-OH is 1. The van der Waals surface area contributed by atoms with Gasteiger partial charge in [0, 0.05) is 11.8 Å². The summed E-state index contributed by atoms with van der Waals surface area (Å²) in [5, 5.41) is 20.1. The number of aliphatic hydroxyl groups is 1. The van der Waals surface area contributed by atoms with E-state index in [0.717, 1.165) is 10.8 Å². The molecule has 4 heteroatoms. The number of carboxylic acids is 1. The lowest BCUT2D eigenvalue weighted by Crippen LogP contribution is -2.10. The fourth-order valence-corrected chi connectivity index (χ4v) is 1.90. The van der Waals surface area contributed by atoms with Crippen LogP contribution in [0.3, 0.4) is 0 Å². The first kappa shape index (κ1) is 13.4. The second-order valence-corrected chi connectivity index (χ2v) is 4.45. The van der Waals surface area contributed by atoms with Gasteiger partial charge < -0.3 is 14.9 Å². The van der Waals surface area contributed by atoms with Gasteiger partial charge in [0.2, 0.25) is 0 Å². The lowest BCUT2D eigenvalue weighted by molar-refractivity contribution is 0.0692. The van der Waals surface area contributed by atoms with Crippen LogP contribution in [0.5, 0.6) is 5.75 Å². The zero-order valence-electron chi connectivity index (χ0n) is 10.7. The van der Waals surface area contributed by atoms with Gasteiger partial charge in [-0.1, -0.05) is 30.3 Å². The molecule has 0 saturated carbocycles. The second-order valence-electron chi connectivity index (χ2n) is 4.45. The van der Waals surface area contributed by atoms with Crippen LogP contribution in [0.4, 0.5) is 0 Å². The minimum Gasteiger partial charge on any atom is -0.492 e. The highest BCUT2D eigenvalue weighted by atomic mass is 16.5. The summed E-state index contributed by atoms with van der Waals surface area (Å²) in [6.45, 7) is 1.95. The number of hydrogen-bond acceptors (Lipinski definition) is 3. The molecule has 2 rings (SSSR count). The predicted molar refractivity (Wildman–Crippen MR) is 72.7 cm³/mol. The Balaban J connectivity index is 2.41. The van der Waals surface area contributed by atoms with Gasteiger partial charge in [0.1, 0.15) is 11.3 Å². The largest absolute Gasteiger partial charge is 0.492 e. The van der Waals surface area contributed by atoms with E-state index in [1.54, 1.807) is 19.1 Å². The fourth-order valence-electron chi connectivity index (χ4n) is 1.90. The van der Waals surface area contributed by atoms with Crippen molar-refractivity contribution in [2.45, 2.75) is 19.4 Å². The first-order valence-corrected chi connectivity index (χ1v) is 6.15. The number of ether oxygens (including phenoxy) is 1. The Kier molecular flexibility index (Phi) is 4.02. The molecule has 2 aromatic rings. The summed E-state index contributed by atoms with van der Waals surface area (Å²) in [4.78, 5) is 11.2. The average molecular weight is 260 g/mol. The van der Waals surface area contributed by atoms with Gasteiger partial charge in [-0.25, -0.2) is 4.79 Å². The van der Waals surface area contributed by atoms with E-state index in [-0.39, 0.29) is 12.2 Å². The molecule has 0 heterocycles. The molecule has 0 fully saturated rings. The Morgan fingerprint density at radius 3 is 2.68 bits per heavy atom. The lowest BCUT2D eigenvalue weighted by Gasteiger charge is -2.13. The van der Waals surface area contributed by atoms with E-state index in [2.05, 4.69) is 0 Å². The number of benzene rings is 2. The molecule has 0 saturated heterocycles. The Bertz CT molecular complexity index is 590. The second kappa shape index (κ2) is 5.71. The number of aromatic carboxylic acids is 1. The maximum Gasteiger partial charge on any atom is 0.339 e. The Morgan fingerprint density at radius 1 is 1.26 bits per heavy atom. The van der Waals surface area contributed by atoms with Crippen LogP contribution in [-0.2, 0) is 0 Å². The van der Waals surface area contributed by atoms with Crippen LogP contribution in [0.15, 0.2) is 36.4 Å². The molecule has 0 aliphatic carbocycles. The molecule has 100 valence electrons. The Hall–Kier alpha value is -2.07. The minimum atomic E-state index is -1.02. The topological polar surface area (TPSA) is 66.8 Å². The highest BCUT2D eigenvalue weighted by molar-refractivity contribution is 6.00. The number of fused-ring (bicyclic) bond motifs is 1. The Morgan fingerprint density at radius 2 is 2.00 bits per heavy atom. The van der Waals surface area contributed by atoms with E-state index >= 15 is 0 Å². The number of hydrogen-bond donors (Lipinski definition) is 2. The highest BCUT2D eigenvalue weighted by Gasteiger charge is 2.14. The molecular weight excluding hydrogens is 244 g/mol. The predicted octanol–water partition coefficient (Wildman–Crippen LogP) is 2.69. The van der Waals surface area contributed by atoms with Crippen LogP contribution in [0.2, 0.25) is 0 Å². The summed E-state index contributed by atoms with van der Waals surface area (Å²) >= 11 is 0.